The molecule has 0 N–H and O–H groups in total. The highest BCUT2D eigenvalue weighted by molar-refractivity contribution is 5.72. The maximum Gasteiger partial charge on any atom is 0.420 e. The molecule has 0 unspecified atom stereocenters. The molecule has 0 aliphatic carbocycles. The lowest BCUT2D eigenvalue weighted by atomic mass is 9.86. The normalized spacial score (nSPS) is 13.4. The lowest BCUT2D eigenvalue weighted by Gasteiger charge is -2.28. The van der Waals surface area contributed by atoms with Crippen molar-refractivity contribution in [1.82, 2.24) is 0 Å². The van der Waals surface area contributed by atoms with Crippen LogP contribution in [0.15, 0.2) is 72.8 Å². The fourth-order valence-corrected chi connectivity index (χ4v) is 5.11. The lowest BCUT2D eigenvalue weighted by molar-refractivity contribution is -0.148. The van der Waals surface area contributed by atoms with E-state index in [2.05, 4.69) is 0 Å². The van der Waals surface area contributed by atoms with Crippen molar-refractivity contribution in [3.05, 3.63) is 112 Å². The first kappa shape index (κ1) is 39.4. The summed E-state index contributed by atoms with van der Waals surface area (Å²) in [5.74, 6) is -3.85. The minimum Gasteiger partial charge on any atom is -0.487 e. The molecule has 51 heavy (non-hydrogen) atoms. The molecule has 0 atom stereocenters. The van der Waals surface area contributed by atoms with Gasteiger partial charge in [-0.25, -0.2) is 0 Å². The third-order valence-corrected chi connectivity index (χ3v) is 7.51. The number of alkyl halides is 12. The van der Waals surface area contributed by atoms with Crippen LogP contribution < -0.4 is 9.47 Å². The summed E-state index contributed by atoms with van der Waals surface area (Å²) in [5, 5.41) is 0. The Balaban J connectivity index is 1.84. The molecule has 0 aromatic heterocycles. The summed E-state index contributed by atoms with van der Waals surface area (Å²) in [6.45, 7) is 9.59. The zero-order chi connectivity index (χ0) is 38.5. The van der Waals surface area contributed by atoms with Crippen molar-refractivity contribution in [2.24, 2.45) is 0 Å². The second-order valence-corrected chi connectivity index (χ2v) is 13.9. The SMILES string of the molecule is CC(C)(C)Oc1c(C(F)(F)F)cc(-c2cc(C(F)(F)F)c(Oc3ccc(Cc4ccc(C(C)(C)C)cc4)cc3)c(C(F)(F)F)c2)cc1C(F)(F)F. The van der Waals surface area contributed by atoms with Crippen LogP contribution in [-0.2, 0) is 36.5 Å². The number of ether oxygens (including phenoxy) is 2. The second kappa shape index (κ2) is 13.3. The van der Waals surface area contributed by atoms with Gasteiger partial charge in [0, 0.05) is 0 Å². The largest absolute Gasteiger partial charge is 0.487 e. The summed E-state index contributed by atoms with van der Waals surface area (Å²) in [4.78, 5) is 0. The van der Waals surface area contributed by atoms with E-state index >= 15 is 0 Å². The molecule has 14 heteroatoms. The second-order valence-electron chi connectivity index (χ2n) is 13.9. The first-order chi connectivity index (χ1) is 23.0. The fraction of sp³-hybridized carbons (Fsp3) is 0.351. The van der Waals surface area contributed by atoms with Crippen LogP contribution in [0.25, 0.3) is 11.1 Å². The van der Waals surface area contributed by atoms with Crippen LogP contribution >= 0.6 is 0 Å². The molecule has 0 fully saturated rings. The van der Waals surface area contributed by atoms with Crippen molar-refractivity contribution in [3.8, 4) is 28.4 Å². The molecular formula is C37H32F12O2. The molecule has 4 rings (SSSR count). The maximum absolute atomic E-state index is 14.4. The van der Waals surface area contributed by atoms with Gasteiger partial charge in [-0.2, -0.15) is 52.7 Å². The smallest absolute Gasteiger partial charge is 0.420 e. The molecule has 0 amide bonds. The molecule has 0 spiro atoms. The number of rotatable bonds is 6. The first-order valence-electron chi connectivity index (χ1n) is 15.2. The predicted molar refractivity (Wildman–Crippen MR) is 167 cm³/mol. The summed E-state index contributed by atoms with van der Waals surface area (Å²) < 4.78 is 181. The molecule has 0 heterocycles. The highest BCUT2D eigenvalue weighted by Gasteiger charge is 2.46. The number of benzene rings is 4. The van der Waals surface area contributed by atoms with Crippen LogP contribution in [0.4, 0.5) is 52.7 Å². The van der Waals surface area contributed by atoms with Gasteiger partial charge in [0.15, 0.2) is 5.75 Å². The molecule has 0 radical (unpaired) electrons. The van der Waals surface area contributed by atoms with E-state index in [1.165, 1.54) is 12.1 Å². The molecule has 276 valence electrons. The van der Waals surface area contributed by atoms with E-state index in [0.29, 0.717) is 12.0 Å². The van der Waals surface area contributed by atoms with Crippen molar-refractivity contribution >= 4 is 0 Å². The summed E-state index contributed by atoms with van der Waals surface area (Å²) in [7, 11) is 0. The van der Waals surface area contributed by atoms with Crippen LogP contribution in [0.2, 0.25) is 0 Å². The molecule has 0 saturated carbocycles. The van der Waals surface area contributed by atoms with E-state index in [-0.39, 0.29) is 29.7 Å². The quantitative estimate of drug-likeness (QED) is 0.184. The van der Waals surface area contributed by atoms with E-state index in [0.717, 1.165) is 44.0 Å². The third-order valence-electron chi connectivity index (χ3n) is 7.51. The van der Waals surface area contributed by atoms with Crippen LogP contribution in [0.1, 0.15) is 80.5 Å². The average molecular weight is 737 g/mol. The summed E-state index contributed by atoms with van der Waals surface area (Å²) in [5.41, 5.74) is -9.79. The van der Waals surface area contributed by atoms with Gasteiger partial charge >= 0.3 is 24.7 Å². The highest BCUT2D eigenvalue weighted by Crippen LogP contribution is 2.51. The minimum atomic E-state index is -5.60. The van der Waals surface area contributed by atoms with Crippen LogP contribution in [-0.4, -0.2) is 5.60 Å². The van der Waals surface area contributed by atoms with Crippen molar-refractivity contribution in [3.63, 3.8) is 0 Å². The van der Waals surface area contributed by atoms with Gasteiger partial charge in [0.25, 0.3) is 0 Å². The van der Waals surface area contributed by atoms with Gasteiger partial charge in [0.05, 0.1) is 22.3 Å². The Morgan fingerprint density at radius 2 is 0.784 bits per heavy atom. The Kier molecular flexibility index (Phi) is 10.3. The molecule has 0 saturated heterocycles. The Bertz CT molecular complexity index is 1780. The first-order valence-corrected chi connectivity index (χ1v) is 15.2. The van der Waals surface area contributed by atoms with E-state index in [9.17, 15) is 52.7 Å². The van der Waals surface area contributed by atoms with Gasteiger partial charge in [-0.3, -0.25) is 0 Å². The van der Waals surface area contributed by atoms with Crippen molar-refractivity contribution in [2.45, 2.75) is 83.7 Å². The summed E-state index contributed by atoms with van der Waals surface area (Å²) in [6, 6.07) is 12.9. The van der Waals surface area contributed by atoms with Gasteiger partial charge in [0.1, 0.15) is 17.1 Å². The van der Waals surface area contributed by atoms with Crippen molar-refractivity contribution in [1.29, 1.82) is 0 Å². The zero-order valence-electron chi connectivity index (χ0n) is 28.0. The van der Waals surface area contributed by atoms with Crippen LogP contribution in [0, 0.1) is 0 Å². The number of hydrogen-bond donors (Lipinski definition) is 0. The Morgan fingerprint density at radius 1 is 0.451 bits per heavy atom. The molecule has 4 aromatic rings. The van der Waals surface area contributed by atoms with Crippen molar-refractivity contribution < 1.29 is 62.2 Å². The lowest BCUT2D eigenvalue weighted by Crippen LogP contribution is -2.27. The Morgan fingerprint density at radius 3 is 1.10 bits per heavy atom. The van der Waals surface area contributed by atoms with E-state index in [1.54, 1.807) is 0 Å². The topological polar surface area (TPSA) is 18.5 Å². The van der Waals surface area contributed by atoms with Gasteiger partial charge < -0.3 is 9.47 Å². The van der Waals surface area contributed by atoms with Crippen LogP contribution in [0.3, 0.4) is 0 Å². The highest BCUT2D eigenvalue weighted by atomic mass is 19.4. The van der Waals surface area contributed by atoms with Gasteiger partial charge in [0.2, 0.25) is 0 Å². The fourth-order valence-electron chi connectivity index (χ4n) is 5.11. The van der Waals surface area contributed by atoms with Crippen molar-refractivity contribution in [2.75, 3.05) is 0 Å². The maximum atomic E-state index is 14.4. The zero-order valence-corrected chi connectivity index (χ0v) is 28.0. The molecule has 0 aliphatic rings. The molecule has 0 aliphatic heterocycles. The monoisotopic (exact) mass is 736 g/mol. The summed E-state index contributed by atoms with van der Waals surface area (Å²) >= 11 is 0. The van der Waals surface area contributed by atoms with Gasteiger partial charge in [-0.15, -0.1) is 0 Å². The molecule has 4 aromatic carbocycles. The Labute approximate surface area is 286 Å². The van der Waals surface area contributed by atoms with E-state index in [4.69, 9.17) is 9.47 Å². The standard InChI is InChI=1S/C37H32F12O2/c1-32(2,3)24-11-7-20(8-12-24)15-21-9-13-25(14-10-21)50-30-26(34(38,39)40)16-22(17-27(30)35(41,42)43)23-18-28(36(44,45)46)31(51-33(4,5)6)29(19-23)37(47,48)49/h7-14,16-19H,15H2,1-6H3. The minimum absolute atomic E-state index is 0.0140. The van der Waals surface area contributed by atoms with Gasteiger partial charge in [-0.1, -0.05) is 57.2 Å². The van der Waals surface area contributed by atoms with Crippen LogP contribution in [0.5, 0.6) is 17.2 Å². The number of halogens is 12. The van der Waals surface area contributed by atoms with E-state index in [1.807, 2.05) is 45.0 Å². The summed E-state index contributed by atoms with van der Waals surface area (Å²) in [6.07, 6.45) is -21.9. The van der Waals surface area contributed by atoms with Gasteiger partial charge in [-0.05, 0) is 96.8 Å². The Hall–Kier alpha value is -4.36. The average Bonchev–Trinajstić information content (AvgIpc) is 2.95. The predicted octanol–water partition coefficient (Wildman–Crippen LogP) is 13.3. The third kappa shape index (κ3) is 9.70. The molecule has 0 bridgehead atoms. The van der Waals surface area contributed by atoms with E-state index < -0.39 is 80.9 Å². The molecule has 2 nitrogen and oxygen atoms in total. The molecular weight excluding hydrogens is 704 g/mol. The number of hydrogen-bond acceptors (Lipinski definition) is 2.